The molecule has 0 N–H and O–H groups in total. The normalized spacial score (nSPS) is 23.9. The van der Waals surface area contributed by atoms with Crippen LogP contribution in [0.1, 0.15) is 40.7 Å². The number of carbonyl (C=O) groups is 1. The Hall–Kier alpha value is -1.80. The third-order valence-electron chi connectivity index (χ3n) is 4.80. The van der Waals surface area contributed by atoms with Crippen molar-refractivity contribution in [1.82, 2.24) is 4.90 Å². The van der Waals surface area contributed by atoms with Crippen LogP contribution in [0.15, 0.2) is 48.5 Å². The summed E-state index contributed by atoms with van der Waals surface area (Å²) >= 11 is 6.04. The minimum Gasteiger partial charge on any atom is -0.325 e. The topological polar surface area (TPSA) is 20.3 Å². The van der Waals surface area contributed by atoms with Crippen molar-refractivity contribution in [2.75, 3.05) is 6.54 Å². The molecule has 0 aromatic heterocycles. The Morgan fingerprint density at radius 1 is 1.00 bits per heavy atom. The predicted molar refractivity (Wildman–Crippen MR) is 83.6 cm³/mol. The van der Waals surface area contributed by atoms with Gasteiger partial charge in [0, 0.05) is 17.1 Å². The van der Waals surface area contributed by atoms with Gasteiger partial charge in [0.05, 0.1) is 5.54 Å². The van der Waals surface area contributed by atoms with Gasteiger partial charge in [0.25, 0.3) is 5.91 Å². The number of nitrogens with zero attached hydrogens (tertiary/aromatic N) is 1. The molecule has 2 heterocycles. The van der Waals surface area contributed by atoms with Crippen LogP contribution in [0.4, 0.5) is 0 Å². The first-order valence-corrected chi connectivity index (χ1v) is 7.79. The Labute approximate surface area is 129 Å². The van der Waals surface area contributed by atoms with E-state index in [1.165, 1.54) is 5.56 Å². The van der Waals surface area contributed by atoms with Crippen molar-refractivity contribution in [2.24, 2.45) is 0 Å². The van der Waals surface area contributed by atoms with Crippen molar-refractivity contribution in [1.29, 1.82) is 0 Å². The molecule has 106 valence electrons. The van der Waals surface area contributed by atoms with Gasteiger partial charge < -0.3 is 4.90 Å². The van der Waals surface area contributed by atoms with Crippen molar-refractivity contribution in [3.63, 3.8) is 0 Å². The fraction of sp³-hybridized carbons (Fsp3) is 0.278. The summed E-state index contributed by atoms with van der Waals surface area (Å²) in [7, 11) is 0. The molecule has 2 aliphatic heterocycles. The third-order valence-corrected chi connectivity index (χ3v) is 5.05. The second-order valence-corrected chi connectivity index (χ2v) is 6.26. The molecular weight excluding hydrogens is 282 g/mol. The molecule has 2 aliphatic rings. The molecule has 2 nitrogen and oxygen atoms in total. The second-order valence-electron chi connectivity index (χ2n) is 5.83. The minimum absolute atomic E-state index is 0.167. The molecule has 3 heteroatoms. The van der Waals surface area contributed by atoms with Crippen LogP contribution in [0.5, 0.6) is 0 Å². The summed E-state index contributed by atoms with van der Waals surface area (Å²) in [6.07, 6.45) is 3.20. The average molecular weight is 298 g/mol. The predicted octanol–water partition coefficient (Wildman–Crippen LogP) is 4.22. The Bertz CT molecular complexity index is 709. The number of benzene rings is 2. The molecule has 1 atom stereocenters. The molecule has 1 amide bonds. The molecule has 2 aromatic carbocycles. The van der Waals surface area contributed by atoms with Crippen LogP contribution in [-0.4, -0.2) is 17.4 Å². The largest absolute Gasteiger partial charge is 0.325 e. The average Bonchev–Trinajstić information content (AvgIpc) is 2.80. The number of amides is 1. The Kier molecular flexibility index (Phi) is 2.83. The summed E-state index contributed by atoms with van der Waals surface area (Å²) in [5.41, 5.74) is 2.88. The molecule has 0 spiro atoms. The molecule has 2 aromatic rings. The van der Waals surface area contributed by atoms with Gasteiger partial charge in [-0.2, -0.15) is 0 Å². The van der Waals surface area contributed by atoms with Gasteiger partial charge in [-0.15, -0.1) is 0 Å². The highest BCUT2D eigenvalue weighted by atomic mass is 35.5. The van der Waals surface area contributed by atoms with Crippen molar-refractivity contribution < 1.29 is 4.79 Å². The van der Waals surface area contributed by atoms with E-state index in [0.717, 1.165) is 42.0 Å². The van der Waals surface area contributed by atoms with E-state index in [0.29, 0.717) is 0 Å². The van der Waals surface area contributed by atoms with Gasteiger partial charge in [-0.1, -0.05) is 41.9 Å². The fourth-order valence-electron chi connectivity index (χ4n) is 3.89. The first-order valence-electron chi connectivity index (χ1n) is 7.41. The second kappa shape index (κ2) is 4.60. The highest BCUT2D eigenvalue weighted by molar-refractivity contribution is 6.30. The number of hydrogen-bond acceptors (Lipinski definition) is 1. The number of halogens is 1. The van der Waals surface area contributed by atoms with E-state index in [-0.39, 0.29) is 11.4 Å². The van der Waals surface area contributed by atoms with Crippen LogP contribution in [-0.2, 0) is 5.54 Å². The minimum atomic E-state index is -0.295. The van der Waals surface area contributed by atoms with Gasteiger partial charge >= 0.3 is 0 Å². The van der Waals surface area contributed by atoms with Gasteiger partial charge in [-0.25, -0.2) is 0 Å². The lowest BCUT2D eigenvalue weighted by atomic mass is 9.77. The zero-order chi connectivity index (χ0) is 14.4. The van der Waals surface area contributed by atoms with E-state index in [1.54, 1.807) is 0 Å². The van der Waals surface area contributed by atoms with Gasteiger partial charge in [0.2, 0.25) is 0 Å². The lowest BCUT2D eigenvalue weighted by Gasteiger charge is -2.43. The van der Waals surface area contributed by atoms with Crippen LogP contribution < -0.4 is 0 Å². The lowest BCUT2D eigenvalue weighted by molar-refractivity contribution is 0.0521. The SMILES string of the molecule is O=C1c2ccccc2C2(c3ccc(Cl)cc3)CCCCN12. The van der Waals surface area contributed by atoms with Crippen LogP contribution in [0.25, 0.3) is 0 Å². The van der Waals surface area contributed by atoms with Gasteiger partial charge in [-0.3, -0.25) is 4.79 Å². The van der Waals surface area contributed by atoms with E-state index in [9.17, 15) is 4.79 Å². The molecule has 4 rings (SSSR count). The molecule has 0 saturated carbocycles. The summed E-state index contributed by atoms with van der Waals surface area (Å²) < 4.78 is 0. The van der Waals surface area contributed by atoms with Crippen molar-refractivity contribution >= 4 is 17.5 Å². The number of piperidine rings is 1. The summed E-state index contributed by atoms with van der Waals surface area (Å²) in [6.45, 7) is 0.830. The van der Waals surface area contributed by atoms with Gasteiger partial charge in [0.15, 0.2) is 0 Å². The lowest BCUT2D eigenvalue weighted by Crippen LogP contribution is -2.47. The highest BCUT2D eigenvalue weighted by Crippen LogP contribution is 2.49. The zero-order valence-corrected chi connectivity index (χ0v) is 12.4. The van der Waals surface area contributed by atoms with E-state index >= 15 is 0 Å². The zero-order valence-electron chi connectivity index (χ0n) is 11.7. The standard InChI is InChI=1S/C18H16ClNO/c19-14-9-7-13(8-10-14)18-11-3-4-12-20(18)17(21)15-5-1-2-6-16(15)18/h1-2,5-10H,3-4,11-12H2. The van der Waals surface area contributed by atoms with Crippen LogP contribution in [0.2, 0.25) is 5.02 Å². The highest BCUT2D eigenvalue weighted by Gasteiger charge is 2.51. The summed E-state index contributed by atoms with van der Waals surface area (Å²) in [5.74, 6) is 0.167. The third kappa shape index (κ3) is 1.69. The number of hydrogen-bond donors (Lipinski definition) is 0. The van der Waals surface area contributed by atoms with Crippen LogP contribution >= 0.6 is 11.6 Å². The summed E-state index contributed by atoms with van der Waals surface area (Å²) in [6, 6.07) is 16.0. The van der Waals surface area contributed by atoms with Crippen LogP contribution in [0.3, 0.4) is 0 Å². The molecule has 0 bridgehead atoms. The number of rotatable bonds is 1. The van der Waals surface area contributed by atoms with E-state index < -0.39 is 0 Å². The number of fused-ring (bicyclic) bond motifs is 3. The molecule has 1 fully saturated rings. The molecule has 1 saturated heterocycles. The van der Waals surface area contributed by atoms with E-state index in [4.69, 9.17) is 11.6 Å². The summed E-state index contributed by atoms with van der Waals surface area (Å²) in [5, 5.41) is 0.732. The Morgan fingerprint density at radius 3 is 2.57 bits per heavy atom. The van der Waals surface area contributed by atoms with E-state index in [2.05, 4.69) is 23.1 Å². The van der Waals surface area contributed by atoms with Gasteiger partial charge in [-0.05, 0) is 48.6 Å². The first kappa shape index (κ1) is 12.9. The Morgan fingerprint density at radius 2 is 1.76 bits per heavy atom. The van der Waals surface area contributed by atoms with Gasteiger partial charge in [0.1, 0.15) is 0 Å². The fourth-order valence-corrected chi connectivity index (χ4v) is 4.01. The quantitative estimate of drug-likeness (QED) is 0.771. The number of carbonyl (C=O) groups excluding carboxylic acids is 1. The molecular formula is C18H16ClNO. The monoisotopic (exact) mass is 297 g/mol. The van der Waals surface area contributed by atoms with Crippen molar-refractivity contribution in [3.05, 3.63) is 70.2 Å². The Balaban J connectivity index is 1.98. The molecule has 1 unspecified atom stereocenters. The maximum absolute atomic E-state index is 12.8. The van der Waals surface area contributed by atoms with Crippen molar-refractivity contribution in [3.8, 4) is 0 Å². The van der Waals surface area contributed by atoms with E-state index in [1.807, 2.05) is 30.3 Å². The molecule has 21 heavy (non-hydrogen) atoms. The first-order chi connectivity index (χ1) is 10.2. The maximum atomic E-state index is 12.8. The molecule has 0 radical (unpaired) electrons. The van der Waals surface area contributed by atoms with Crippen LogP contribution in [0, 0.1) is 0 Å². The maximum Gasteiger partial charge on any atom is 0.255 e. The summed E-state index contributed by atoms with van der Waals surface area (Å²) in [4.78, 5) is 14.8. The smallest absolute Gasteiger partial charge is 0.255 e. The van der Waals surface area contributed by atoms with Crippen molar-refractivity contribution in [2.45, 2.75) is 24.8 Å². The molecule has 0 aliphatic carbocycles.